The molecule has 0 aliphatic carbocycles. The molecule has 25 heavy (non-hydrogen) atoms. The zero-order chi connectivity index (χ0) is 17.5. The molecule has 0 N–H and O–H groups in total. The highest BCUT2D eigenvalue weighted by Gasteiger charge is 2.19. The second-order valence-corrected chi connectivity index (χ2v) is 6.54. The number of nitrogens with zero attached hydrogens (tertiary/aromatic N) is 4. The van der Waals surface area contributed by atoms with Crippen LogP contribution in [0.2, 0.25) is 0 Å². The molecule has 1 fully saturated rings. The standard InChI is InChI=1S/C20H26N4O/c1-2-10-24(14-13-23-11-6-7-12-23)20(25)18-15-19(22-21-16-18)17-8-4-3-5-9-17/h3-5,8-9,15-16H,2,6-7,10-14H2,1H3. The van der Waals surface area contributed by atoms with Crippen molar-refractivity contribution < 1.29 is 4.79 Å². The molecule has 0 unspecified atom stereocenters. The highest BCUT2D eigenvalue weighted by Crippen LogP contribution is 2.17. The SMILES string of the molecule is CCCN(CCN1CCCC1)C(=O)c1cnnc(-c2ccccc2)c1. The van der Waals surface area contributed by atoms with Crippen molar-refractivity contribution in [2.75, 3.05) is 32.7 Å². The van der Waals surface area contributed by atoms with Gasteiger partial charge in [0.1, 0.15) is 0 Å². The van der Waals surface area contributed by atoms with E-state index in [2.05, 4.69) is 22.0 Å². The van der Waals surface area contributed by atoms with Crippen LogP contribution in [-0.4, -0.2) is 58.6 Å². The molecule has 0 bridgehead atoms. The van der Waals surface area contributed by atoms with Crippen LogP contribution in [0.3, 0.4) is 0 Å². The van der Waals surface area contributed by atoms with Crippen LogP contribution in [0.5, 0.6) is 0 Å². The van der Waals surface area contributed by atoms with Crippen molar-refractivity contribution >= 4 is 5.91 Å². The number of benzene rings is 1. The second kappa shape index (κ2) is 8.72. The molecular weight excluding hydrogens is 312 g/mol. The van der Waals surface area contributed by atoms with E-state index in [9.17, 15) is 4.79 Å². The third kappa shape index (κ3) is 4.63. The lowest BCUT2D eigenvalue weighted by molar-refractivity contribution is 0.0739. The summed E-state index contributed by atoms with van der Waals surface area (Å²) in [5.41, 5.74) is 2.33. The average Bonchev–Trinajstić information content (AvgIpc) is 3.19. The minimum Gasteiger partial charge on any atom is -0.337 e. The van der Waals surface area contributed by atoms with E-state index in [0.29, 0.717) is 5.56 Å². The van der Waals surface area contributed by atoms with E-state index in [1.54, 1.807) is 6.20 Å². The van der Waals surface area contributed by atoms with Gasteiger partial charge in [0.25, 0.3) is 5.91 Å². The topological polar surface area (TPSA) is 49.3 Å². The maximum atomic E-state index is 13.0. The van der Waals surface area contributed by atoms with E-state index in [1.807, 2.05) is 41.3 Å². The molecule has 1 aliphatic heterocycles. The van der Waals surface area contributed by atoms with Crippen molar-refractivity contribution in [1.29, 1.82) is 0 Å². The molecular formula is C20H26N4O. The van der Waals surface area contributed by atoms with Gasteiger partial charge in [-0.2, -0.15) is 10.2 Å². The Bertz CT molecular complexity index is 683. The molecule has 132 valence electrons. The Balaban J connectivity index is 1.72. The Kier molecular flexibility index (Phi) is 6.12. The summed E-state index contributed by atoms with van der Waals surface area (Å²) < 4.78 is 0. The van der Waals surface area contributed by atoms with Gasteiger partial charge in [-0.25, -0.2) is 0 Å². The molecule has 1 aliphatic rings. The minimum atomic E-state index is 0.0492. The summed E-state index contributed by atoms with van der Waals surface area (Å²) in [6.07, 6.45) is 5.08. The van der Waals surface area contributed by atoms with Crippen LogP contribution in [0.4, 0.5) is 0 Å². The molecule has 1 saturated heterocycles. The number of amides is 1. The summed E-state index contributed by atoms with van der Waals surface area (Å²) in [5, 5.41) is 8.23. The lowest BCUT2D eigenvalue weighted by Gasteiger charge is -2.25. The highest BCUT2D eigenvalue weighted by atomic mass is 16.2. The van der Waals surface area contributed by atoms with Gasteiger partial charge in [-0.3, -0.25) is 4.79 Å². The van der Waals surface area contributed by atoms with Crippen LogP contribution in [0.25, 0.3) is 11.3 Å². The first-order valence-corrected chi connectivity index (χ1v) is 9.17. The monoisotopic (exact) mass is 338 g/mol. The maximum absolute atomic E-state index is 13.0. The first kappa shape index (κ1) is 17.5. The largest absolute Gasteiger partial charge is 0.337 e. The number of aromatic nitrogens is 2. The van der Waals surface area contributed by atoms with Gasteiger partial charge in [0.05, 0.1) is 17.5 Å². The van der Waals surface area contributed by atoms with Gasteiger partial charge < -0.3 is 9.80 Å². The van der Waals surface area contributed by atoms with Crippen LogP contribution < -0.4 is 0 Å². The Labute approximate surface area is 149 Å². The Morgan fingerprint density at radius 2 is 1.92 bits per heavy atom. The van der Waals surface area contributed by atoms with Crippen molar-refractivity contribution in [3.05, 3.63) is 48.2 Å². The Hall–Kier alpha value is -2.27. The van der Waals surface area contributed by atoms with Gasteiger partial charge in [0.2, 0.25) is 0 Å². The van der Waals surface area contributed by atoms with Gasteiger partial charge >= 0.3 is 0 Å². The predicted molar refractivity (Wildman–Crippen MR) is 99.3 cm³/mol. The number of hydrogen-bond donors (Lipinski definition) is 0. The summed E-state index contributed by atoms with van der Waals surface area (Å²) in [5.74, 6) is 0.0492. The highest BCUT2D eigenvalue weighted by molar-refractivity contribution is 5.94. The Morgan fingerprint density at radius 3 is 2.64 bits per heavy atom. The molecule has 2 aromatic rings. The molecule has 1 aromatic carbocycles. The maximum Gasteiger partial charge on any atom is 0.255 e. The van der Waals surface area contributed by atoms with Crippen LogP contribution in [0, 0.1) is 0 Å². The molecule has 1 aromatic heterocycles. The first-order chi connectivity index (χ1) is 12.3. The number of hydrogen-bond acceptors (Lipinski definition) is 4. The zero-order valence-electron chi connectivity index (χ0n) is 14.9. The van der Waals surface area contributed by atoms with E-state index in [-0.39, 0.29) is 5.91 Å². The van der Waals surface area contributed by atoms with Crippen LogP contribution in [0.1, 0.15) is 36.5 Å². The lowest BCUT2D eigenvalue weighted by Crippen LogP contribution is -2.38. The first-order valence-electron chi connectivity index (χ1n) is 9.17. The Morgan fingerprint density at radius 1 is 1.16 bits per heavy atom. The van der Waals surface area contributed by atoms with Gasteiger partial charge in [0, 0.05) is 25.2 Å². The smallest absolute Gasteiger partial charge is 0.255 e. The van der Waals surface area contributed by atoms with E-state index >= 15 is 0 Å². The molecule has 0 saturated carbocycles. The molecule has 2 heterocycles. The molecule has 1 amide bonds. The third-order valence-corrected chi connectivity index (χ3v) is 4.64. The summed E-state index contributed by atoms with van der Waals surface area (Å²) in [6.45, 7) is 6.92. The molecule has 5 heteroatoms. The summed E-state index contributed by atoms with van der Waals surface area (Å²) in [6, 6.07) is 11.7. The number of carbonyl (C=O) groups excluding carboxylic acids is 1. The van der Waals surface area contributed by atoms with Gasteiger partial charge in [-0.1, -0.05) is 37.3 Å². The second-order valence-electron chi connectivity index (χ2n) is 6.54. The quantitative estimate of drug-likeness (QED) is 0.778. The van der Waals surface area contributed by atoms with E-state index in [1.165, 1.54) is 12.8 Å². The summed E-state index contributed by atoms with van der Waals surface area (Å²) >= 11 is 0. The number of likely N-dealkylation sites (tertiary alicyclic amines) is 1. The van der Waals surface area contributed by atoms with E-state index in [4.69, 9.17) is 0 Å². The number of carbonyl (C=O) groups is 1. The lowest BCUT2D eigenvalue weighted by atomic mass is 10.1. The van der Waals surface area contributed by atoms with Gasteiger partial charge in [0.15, 0.2) is 0 Å². The van der Waals surface area contributed by atoms with E-state index < -0.39 is 0 Å². The molecule has 0 radical (unpaired) electrons. The average molecular weight is 338 g/mol. The van der Waals surface area contributed by atoms with Crippen molar-refractivity contribution in [1.82, 2.24) is 20.0 Å². The zero-order valence-corrected chi connectivity index (χ0v) is 14.9. The van der Waals surface area contributed by atoms with Gasteiger partial charge in [-0.15, -0.1) is 0 Å². The normalized spacial score (nSPS) is 14.6. The van der Waals surface area contributed by atoms with Crippen molar-refractivity contribution in [2.24, 2.45) is 0 Å². The molecule has 0 spiro atoms. The fourth-order valence-corrected chi connectivity index (χ4v) is 3.27. The van der Waals surface area contributed by atoms with Crippen molar-refractivity contribution in [2.45, 2.75) is 26.2 Å². The number of rotatable bonds is 7. The molecule has 5 nitrogen and oxygen atoms in total. The van der Waals surface area contributed by atoms with Gasteiger partial charge in [-0.05, 0) is 38.4 Å². The fraction of sp³-hybridized carbons (Fsp3) is 0.450. The van der Waals surface area contributed by atoms with Crippen LogP contribution in [0.15, 0.2) is 42.6 Å². The molecule has 3 rings (SSSR count). The van der Waals surface area contributed by atoms with E-state index in [0.717, 1.165) is 50.4 Å². The molecule has 0 atom stereocenters. The summed E-state index contributed by atoms with van der Waals surface area (Å²) in [4.78, 5) is 17.4. The summed E-state index contributed by atoms with van der Waals surface area (Å²) in [7, 11) is 0. The van der Waals surface area contributed by atoms with Crippen molar-refractivity contribution in [3.8, 4) is 11.3 Å². The van der Waals surface area contributed by atoms with Crippen molar-refractivity contribution in [3.63, 3.8) is 0 Å². The van der Waals surface area contributed by atoms with Crippen LogP contribution in [-0.2, 0) is 0 Å². The minimum absolute atomic E-state index is 0.0492. The fourth-order valence-electron chi connectivity index (χ4n) is 3.27. The van der Waals surface area contributed by atoms with Crippen LogP contribution >= 0.6 is 0 Å². The predicted octanol–water partition coefficient (Wildman–Crippen LogP) is 3.09. The third-order valence-electron chi connectivity index (χ3n) is 4.64.